The molecular weight excluding hydrogens is 445 g/mol. The van der Waals surface area contributed by atoms with E-state index in [0.717, 1.165) is 17.7 Å². The van der Waals surface area contributed by atoms with Crippen LogP contribution >= 0.6 is 11.6 Å². The molecule has 33 heavy (non-hydrogen) atoms. The molecule has 4 rings (SSSR count). The van der Waals surface area contributed by atoms with Crippen LogP contribution in [0.2, 0.25) is 5.02 Å². The number of fused-ring (bicyclic) bond motifs is 1. The number of halogens is 2. The number of aliphatic hydroxyl groups is 1. The maximum absolute atomic E-state index is 14.6. The minimum atomic E-state index is -0.676. The van der Waals surface area contributed by atoms with Crippen molar-refractivity contribution in [2.75, 3.05) is 11.9 Å². The fourth-order valence-electron chi connectivity index (χ4n) is 3.90. The van der Waals surface area contributed by atoms with E-state index in [4.69, 9.17) is 11.6 Å². The summed E-state index contributed by atoms with van der Waals surface area (Å²) >= 11 is 6.10. The summed E-state index contributed by atoms with van der Waals surface area (Å²) in [5.74, 6) is -0.109. The zero-order valence-corrected chi connectivity index (χ0v) is 19.4. The van der Waals surface area contributed by atoms with Gasteiger partial charge in [0.15, 0.2) is 5.82 Å². The lowest BCUT2D eigenvalue weighted by atomic mass is 9.90. The number of carbonyl (C=O) groups is 1. The molecule has 0 bridgehead atoms. The highest BCUT2D eigenvalue weighted by atomic mass is 35.5. The van der Waals surface area contributed by atoms with E-state index in [1.165, 1.54) is 24.4 Å². The number of pyridine rings is 1. The Hall–Kier alpha value is -3.10. The van der Waals surface area contributed by atoms with E-state index in [1.54, 1.807) is 19.2 Å². The highest BCUT2D eigenvalue weighted by molar-refractivity contribution is 6.30. The Morgan fingerprint density at radius 3 is 2.82 bits per heavy atom. The first kappa shape index (κ1) is 23.1. The molecule has 2 aromatic heterocycles. The summed E-state index contributed by atoms with van der Waals surface area (Å²) in [6, 6.07) is 5.94. The van der Waals surface area contributed by atoms with Crippen molar-refractivity contribution < 1.29 is 14.3 Å². The van der Waals surface area contributed by atoms with Crippen molar-refractivity contribution in [2.45, 2.75) is 39.7 Å². The summed E-state index contributed by atoms with van der Waals surface area (Å²) in [7, 11) is 0. The van der Waals surface area contributed by atoms with Crippen molar-refractivity contribution in [1.29, 1.82) is 0 Å². The van der Waals surface area contributed by atoms with Crippen molar-refractivity contribution in [3.8, 4) is 11.4 Å². The minimum Gasteiger partial charge on any atom is -0.392 e. The first-order chi connectivity index (χ1) is 15.6. The smallest absolute Gasteiger partial charge is 0.255 e. The summed E-state index contributed by atoms with van der Waals surface area (Å²) in [4.78, 5) is 26.0. The van der Waals surface area contributed by atoms with E-state index in [-0.39, 0.29) is 29.3 Å². The van der Waals surface area contributed by atoms with Crippen molar-refractivity contribution in [2.24, 2.45) is 5.41 Å². The van der Waals surface area contributed by atoms with Gasteiger partial charge in [0, 0.05) is 29.5 Å². The van der Waals surface area contributed by atoms with E-state index >= 15 is 0 Å². The number of hydrogen-bond donors (Lipinski definition) is 3. The number of anilines is 2. The van der Waals surface area contributed by atoms with Gasteiger partial charge >= 0.3 is 0 Å². The summed E-state index contributed by atoms with van der Waals surface area (Å²) in [6.45, 7) is 5.98. The predicted molar refractivity (Wildman–Crippen MR) is 125 cm³/mol. The molecule has 3 aromatic rings. The molecule has 3 N–H and O–H groups in total. The highest BCUT2D eigenvalue weighted by Crippen LogP contribution is 2.40. The molecule has 9 heteroatoms. The maximum Gasteiger partial charge on any atom is 0.255 e. The van der Waals surface area contributed by atoms with Crippen LogP contribution in [-0.2, 0) is 12.8 Å². The molecule has 0 radical (unpaired) electrons. The van der Waals surface area contributed by atoms with Gasteiger partial charge in [0.1, 0.15) is 11.6 Å². The average molecular weight is 470 g/mol. The molecule has 0 saturated carbocycles. The molecule has 0 unspecified atom stereocenters. The van der Waals surface area contributed by atoms with Crippen LogP contribution in [0.5, 0.6) is 0 Å². The third-order valence-corrected chi connectivity index (χ3v) is 5.68. The van der Waals surface area contributed by atoms with Gasteiger partial charge in [-0.05, 0) is 49.4 Å². The molecule has 0 saturated heterocycles. The molecule has 0 aliphatic heterocycles. The van der Waals surface area contributed by atoms with Crippen LogP contribution in [-0.4, -0.2) is 38.6 Å². The van der Waals surface area contributed by atoms with Gasteiger partial charge in [-0.25, -0.2) is 14.4 Å². The molecule has 1 aromatic carbocycles. The number of rotatable bonds is 6. The van der Waals surface area contributed by atoms with Crippen LogP contribution < -0.4 is 10.6 Å². The highest BCUT2D eigenvalue weighted by Gasteiger charge is 2.33. The summed E-state index contributed by atoms with van der Waals surface area (Å²) in [6.07, 6.45) is 3.79. The Balaban J connectivity index is 1.77. The molecule has 2 heterocycles. The standard InChI is InChI=1S/C24H25ClFN5O2/c1-13(32)11-28-23(33)17-12-27-7-6-19(17)29-22-16-9-24(2,3)10-20(16)30-21(31-22)15-8-14(25)4-5-18(15)26/h4-8,12-13,32H,9-11H2,1-3H3,(H,28,33)(H,27,29,30,31)/t13-/m1/s1. The molecular formula is C24H25ClFN5O2. The van der Waals surface area contributed by atoms with Gasteiger partial charge < -0.3 is 15.7 Å². The fourth-order valence-corrected chi connectivity index (χ4v) is 4.07. The van der Waals surface area contributed by atoms with Crippen LogP contribution in [0.4, 0.5) is 15.9 Å². The minimum absolute atomic E-state index is 0.0331. The second kappa shape index (κ2) is 9.03. The number of nitrogens with zero attached hydrogens (tertiary/aromatic N) is 3. The van der Waals surface area contributed by atoms with Gasteiger partial charge in [0.25, 0.3) is 5.91 Å². The van der Waals surface area contributed by atoms with Gasteiger partial charge in [-0.3, -0.25) is 9.78 Å². The Bertz CT molecular complexity index is 1220. The topological polar surface area (TPSA) is 100 Å². The molecule has 0 fully saturated rings. The van der Waals surface area contributed by atoms with Gasteiger partial charge in [0.2, 0.25) is 0 Å². The van der Waals surface area contributed by atoms with Gasteiger partial charge in [-0.2, -0.15) is 0 Å². The second-order valence-electron chi connectivity index (χ2n) is 9.07. The largest absolute Gasteiger partial charge is 0.392 e. The predicted octanol–water partition coefficient (Wildman–Crippen LogP) is 4.31. The third kappa shape index (κ3) is 5.12. The van der Waals surface area contributed by atoms with Crippen molar-refractivity contribution in [3.05, 3.63) is 64.3 Å². The van der Waals surface area contributed by atoms with Gasteiger partial charge in [-0.1, -0.05) is 25.4 Å². The van der Waals surface area contributed by atoms with Crippen LogP contribution in [0, 0.1) is 11.2 Å². The zero-order valence-electron chi connectivity index (χ0n) is 18.6. The zero-order chi connectivity index (χ0) is 23.8. The van der Waals surface area contributed by atoms with Gasteiger partial charge in [0.05, 0.1) is 28.6 Å². The number of aromatic nitrogens is 3. The quantitative estimate of drug-likeness (QED) is 0.497. The normalized spacial score (nSPS) is 15.1. The van der Waals surface area contributed by atoms with E-state index < -0.39 is 11.9 Å². The Morgan fingerprint density at radius 1 is 1.27 bits per heavy atom. The van der Waals surface area contributed by atoms with Crippen LogP contribution in [0.1, 0.15) is 42.4 Å². The lowest BCUT2D eigenvalue weighted by Gasteiger charge is -2.16. The van der Waals surface area contributed by atoms with Crippen LogP contribution in [0.25, 0.3) is 11.4 Å². The molecule has 7 nitrogen and oxygen atoms in total. The van der Waals surface area contributed by atoms with Crippen molar-refractivity contribution >= 4 is 29.0 Å². The first-order valence-corrected chi connectivity index (χ1v) is 11.0. The second-order valence-corrected chi connectivity index (χ2v) is 9.50. The summed E-state index contributed by atoms with van der Waals surface area (Å²) < 4.78 is 14.6. The number of benzene rings is 1. The van der Waals surface area contributed by atoms with E-state index in [1.807, 2.05) is 0 Å². The molecule has 0 spiro atoms. The molecule has 1 atom stereocenters. The number of nitrogens with one attached hydrogen (secondary N) is 2. The molecule has 1 amide bonds. The third-order valence-electron chi connectivity index (χ3n) is 5.44. The van der Waals surface area contributed by atoms with Crippen molar-refractivity contribution in [3.63, 3.8) is 0 Å². The van der Waals surface area contributed by atoms with Crippen LogP contribution in [0.3, 0.4) is 0 Å². The molecule has 1 aliphatic rings. The van der Waals surface area contributed by atoms with Crippen LogP contribution in [0.15, 0.2) is 36.7 Å². The average Bonchev–Trinajstić information content (AvgIpc) is 3.08. The monoisotopic (exact) mass is 469 g/mol. The summed E-state index contributed by atoms with van der Waals surface area (Å²) in [5, 5.41) is 15.8. The fraction of sp³-hybridized carbons (Fsp3) is 0.333. The Kier molecular flexibility index (Phi) is 6.32. The van der Waals surface area contributed by atoms with Gasteiger partial charge in [-0.15, -0.1) is 0 Å². The maximum atomic E-state index is 14.6. The number of aliphatic hydroxyl groups excluding tert-OH is 1. The molecule has 1 aliphatic carbocycles. The van der Waals surface area contributed by atoms with Crippen molar-refractivity contribution in [1.82, 2.24) is 20.3 Å². The molecule has 172 valence electrons. The van der Waals surface area contributed by atoms with E-state index in [9.17, 15) is 14.3 Å². The van der Waals surface area contributed by atoms with E-state index in [0.29, 0.717) is 28.5 Å². The Morgan fingerprint density at radius 2 is 2.06 bits per heavy atom. The lowest BCUT2D eigenvalue weighted by molar-refractivity contribution is 0.0924. The number of carbonyl (C=O) groups excluding carboxylic acids is 1. The summed E-state index contributed by atoms with van der Waals surface area (Å²) in [5.41, 5.74) is 2.74. The number of hydrogen-bond acceptors (Lipinski definition) is 6. The van der Waals surface area contributed by atoms with E-state index in [2.05, 4.69) is 39.4 Å². The number of amides is 1. The SMILES string of the molecule is C[C@@H](O)CNC(=O)c1cnccc1Nc1nc(-c2cc(Cl)ccc2F)nc2c1CC(C)(C)C2. The lowest BCUT2D eigenvalue weighted by Crippen LogP contribution is -2.31. The Labute approximate surface area is 196 Å². The first-order valence-electron chi connectivity index (χ1n) is 10.7.